The van der Waals surface area contributed by atoms with Crippen molar-refractivity contribution in [2.45, 2.75) is 18.9 Å². The molecule has 2 unspecified atom stereocenters. The van der Waals surface area contributed by atoms with Crippen molar-refractivity contribution in [3.05, 3.63) is 33.3 Å². The van der Waals surface area contributed by atoms with Crippen LogP contribution in [0.15, 0.2) is 22.7 Å². The van der Waals surface area contributed by atoms with Crippen LogP contribution in [0.25, 0.3) is 0 Å². The highest BCUT2D eigenvalue weighted by Crippen LogP contribution is 2.28. The lowest BCUT2D eigenvalue weighted by molar-refractivity contribution is 0.0365. The molecular weight excluding hydrogens is 340 g/mol. The highest BCUT2D eigenvalue weighted by Gasteiger charge is 2.21. The number of benzene rings is 1. The molecule has 0 aliphatic carbocycles. The van der Waals surface area contributed by atoms with Crippen LogP contribution < -0.4 is 5.73 Å². The molecule has 2 rings (SSSR count). The molecule has 20 heavy (non-hydrogen) atoms. The maximum atomic E-state index is 6.19. The summed E-state index contributed by atoms with van der Waals surface area (Å²) in [7, 11) is 2.13. The molecule has 1 aliphatic rings. The molecule has 5 heteroatoms. The van der Waals surface area contributed by atoms with Crippen molar-refractivity contribution in [3.63, 3.8) is 0 Å². The monoisotopic (exact) mass is 360 g/mol. The second-order valence-corrected chi connectivity index (χ2v) is 6.71. The smallest absolute Gasteiger partial charge is 0.0551 e. The zero-order valence-corrected chi connectivity index (χ0v) is 14.2. The van der Waals surface area contributed by atoms with Gasteiger partial charge in [0.25, 0.3) is 0 Å². The first-order valence-electron chi connectivity index (χ1n) is 7.04. The van der Waals surface area contributed by atoms with E-state index in [0.717, 1.165) is 35.7 Å². The lowest BCUT2D eigenvalue weighted by atomic mass is 9.99. The Balaban J connectivity index is 2.03. The number of hydrogen-bond acceptors (Lipinski definition) is 3. The number of hydrogen-bond donors (Lipinski definition) is 1. The summed E-state index contributed by atoms with van der Waals surface area (Å²) < 4.78 is 6.47. The fourth-order valence-electron chi connectivity index (χ4n) is 2.78. The second-order valence-electron chi connectivity index (χ2n) is 5.45. The molecule has 0 bridgehead atoms. The Morgan fingerprint density at radius 3 is 2.95 bits per heavy atom. The average molecular weight is 362 g/mol. The predicted molar refractivity (Wildman–Crippen MR) is 87.1 cm³/mol. The molecule has 1 saturated heterocycles. The molecule has 0 aromatic heterocycles. The molecule has 3 nitrogen and oxygen atoms in total. The van der Waals surface area contributed by atoms with Gasteiger partial charge >= 0.3 is 0 Å². The molecule has 0 spiro atoms. The van der Waals surface area contributed by atoms with E-state index in [0.29, 0.717) is 12.5 Å². The summed E-state index contributed by atoms with van der Waals surface area (Å²) in [5.41, 5.74) is 7.14. The van der Waals surface area contributed by atoms with E-state index in [-0.39, 0.29) is 6.04 Å². The summed E-state index contributed by atoms with van der Waals surface area (Å²) in [6, 6.07) is 6.26. The Kier molecular flexibility index (Phi) is 6.30. The minimum atomic E-state index is 0.197. The third-order valence-electron chi connectivity index (χ3n) is 3.88. The van der Waals surface area contributed by atoms with Crippen LogP contribution in [-0.2, 0) is 4.74 Å². The highest BCUT2D eigenvalue weighted by atomic mass is 79.9. The minimum Gasteiger partial charge on any atom is -0.381 e. The van der Waals surface area contributed by atoms with E-state index in [1.807, 2.05) is 12.1 Å². The molecule has 0 amide bonds. The van der Waals surface area contributed by atoms with Gasteiger partial charge in [0.2, 0.25) is 0 Å². The molecule has 112 valence electrons. The van der Waals surface area contributed by atoms with Gasteiger partial charge in [-0.05, 0) is 59.4 Å². The molecule has 1 aliphatic heterocycles. The lowest BCUT2D eigenvalue weighted by Gasteiger charge is -2.32. The van der Waals surface area contributed by atoms with Gasteiger partial charge < -0.3 is 10.5 Å². The number of nitrogens with two attached hydrogens (primary N) is 1. The maximum absolute atomic E-state index is 6.19. The second kappa shape index (κ2) is 7.76. The standard InChI is InChI=1S/C15H22BrClN2O/c1-19(9-11-3-2-6-20-10-11)15(8-18)12-4-5-13(16)14(17)7-12/h4-5,7,11,15H,2-3,6,8-10,18H2,1H3. The molecule has 2 N–H and O–H groups in total. The van der Waals surface area contributed by atoms with Crippen LogP contribution in [0.4, 0.5) is 0 Å². The average Bonchev–Trinajstić information content (AvgIpc) is 2.44. The number of nitrogens with zero attached hydrogens (tertiary/aromatic N) is 1. The number of rotatable bonds is 5. The summed E-state index contributed by atoms with van der Waals surface area (Å²) in [4.78, 5) is 2.32. The van der Waals surface area contributed by atoms with Crippen molar-refractivity contribution in [1.29, 1.82) is 0 Å². The van der Waals surface area contributed by atoms with Gasteiger partial charge in [-0.25, -0.2) is 0 Å². The SMILES string of the molecule is CN(CC1CCCOC1)C(CN)c1ccc(Br)c(Cl)c1. The van der Waals surface area contributed by atoms with Crippen LogP contribution in [0.1, 0.15) is 24.4 Å². The van der Waals surface area contributed by atoms with Crippen molar-refractivity contribution in [2.24, 2.45) is 11.7 Å². The van der Waals surface area contributed by atoms with Gasteiger partial charge in [-0.2, -0.15) is 0 Å². The summed E-state index contributed by atoms with van der Waals surface area (Å²) in [6.07, 6.45) is 2.40. The van der Waals surface area contributed by atoms with Gasteiger partial charge in [0.1, 0.15) is 0 Å². The van der Waals surface area contributed by atoms with Gasteiger partial charge in [-0.15, -0.1) is 0 Å². The van der Waals surface area contributed by atoms with E-state index in [9.17, 15) is 0 Å². The van der Waals surface area contributed by atoms with E-state index >= 15 is 0 Å². The van der Waals surface area contributed by atoms with Crippen molar-refractivity contribution in [1.82, 2.24) is 4.90 Å². The Bertz CT molecular complexity index is 438. The van der Waals surface area contributed by atoms with Crippen LogP contribution in [-0.4, -0.2) is 38.3 Å². The zero-order valence-electron chi connectivity index (χ0n) is 11.8. The van der Waals surface area contributed by atoms with Gasteiger partial charge in [0.15, 0.2) is 0 Å². The summed E-state index contributed by atoms with van der Waals surface area (Å²) >= 11 is 9.61. The van der Waals surface area contributed by atoms with Crippen LogP contribution in [0.2, 0.25) is 5.02 Å². The molecule has 1 aromatic carbocycles. The van der Waals surface area contributed by atoms with E-state index in [1.165, 1.54) is 12.0 Å². The van der Waals surface area contributed by atoms with E-state index < -0.39 is 0 Å². The fraction of sp³-hybridized carbons (Fsp3) is 0.600. The topological polar surface area (TPSA) is 38.5 Å². The van der Waals surface area contributed by atoms with Gasteiger partial charge in [0, 0.05) is 30.2 Å². The first-order valence-corrected chi connectivity index (χ1v) is 8.22. The Hall–Kier alpha value is -0.130. The fourth-order valence-corrected chi connectivity index (χ4v) is 3.21. The Morgan fingerprint density at radius 2 is 2.35 bits per heavy atom. The number of ether oxygens (including phenoxy) is 1. The number of likely N-dealkylation sites (N-methyl/N-ethyl adjacent to an activating group) is 1. The largest absolute Gasteiger partial charge is 0.381 e. The third-order valence-corrected chi connectivity index (χ3v) is 5.12. The molecular formula is C15H22BrClN2O. The zero-order chi connectivity index (χ0) is 14.5. The Morgan fingerprint density at radius 1 is 1.55 bits per heavy atom. The molecule has 1 heterocycles. The molecule has 2 atom stereocenters. The van der Waals surface area contributed by atoms with Gasteiger partial charge in [-0.1, -0.05) is 17.7 Å². The van der Waals surface area contributed by atoms with Crippen LogP contribution >= 0.6 is 27.5 Å². The normalized spacial score (nSPS) is 21.1. The van der Waals surface area contributed by atoms with E-state index in [2.05, 4.69) is 33.9 Å². The molecule has 0 saturated carbocycles. The van der Waals surface area contributed by atoms with Crippen molar-refractivity contribution < 1.29 is 4.74 Å². The van der Waals surface area contributed by atoms with Gasteiger partial charge in [0.05, 0.1) is 11.6 Å². The van der Waals surface area contributed by atoms with Crippen molar-refractivity contribution in [2.75, 3.05) is 33.4 Å². The van der Waals surface area contributed by atoms with E-state index in [4.69, 9.17) is 22.1 Å². The van der Waals surface area contributed by atoms with Crippen LogP contribution in [0.3, 0.4) is 0 Å². The molecule has 0 radical (unpaired) electrons. The van der Waals surface area contributed by atoms with Crippen LogP contribution in [0.5, 0.6) is 0 Å². The van der Waals surface area contributed by atoms with Gasteiger partial charge in [-0.3, -0.25) is 4.90 Å². The lowest BCUT2D eigenvalue weighted by Crippen LogP contribution is -2.36. The first kappa shape index (κ1) is 16.2. The third kappa shape index (κ3) is 4.18. The van der Waals surface area contributed by atoms with Crippen LogP contribution in [0, 0.1) is 5.92 Å². The molecule has 1 aromatic rings. The van der Waals surface area contributed by atoms with Crippen molar-refractivity contribution >= 4 is 27.5 Å². The summed E-state index contributed by atoms with van der Waals surface area (Å²) in [5, 5.41) is 0.732. The summed E-state index contributed by atoms with van der Waals surface area (Å²) in [5.74, 6) is 0.605. The minimum absolute atomic E-state index is 0.197. The highest BCUT2D eigenvalue weighted by molar-refractivity contribution is 9.10. The molecule has 1 fully saturated rings. The Labute approximate surface area is 134 Å². The number of halogens is 2. The maximum Gasteiger partial charge on any atom is 0.0551 e. The first-order chi connectivity index (χ1) is 9.61. The predicted octanol–water partition coefficient (Wildman–Crippen LogP) is 3.46. The quantitative estimate of drug-likeness (QED) is 0.873. The summed E-state index contributed by atoms with van der Waals surface area (Å²) in [6.45, 7) is 3.36. The van der Waals surface area contributed by atoms with Crippen molar-refractivity contribution in [3.8, 4) is 0 Å². The van der Waals surface area contributed by atoms with E-state index in [1.54, 1.807) is 0 Å².